The molecule has 3 heterocycles. The molecule has 0 unspecified atom stereocenters. The first-order valence-corrected chi connectivity index (χ1v) is 9.51. The highest BCUT2D eigenvalue weighted by molar-refractivity contribution is 5.94. The van der Waals surface area contributed by atoms with Crippen molar-refractivity contribution in [1.82, 2.24) is 24.8 Å². The molecule has 0 radical (unpaired) electrons. The standard InChI is InChI=1S/C20H26N6O2/c1-24-11-5-12-25(2)19(27)15-26(20(28)17-14-21-9-10-22-17)13-4-7-16-6-3-8-18(24)23-16/h3,6,8-10,14H,4-5,7,11-13,15H2,1-2H3. The van der Waals surface area contributed by atoms with Crippen molar-refractivity contribution < 1.29 is 9.59 Å². The summed E-state index contributed by atoms with van der Waals surface area (Å²) in [7, 11) is 3.79. The van der Waals surface area contributed by atoms with E-state index in [-0.39, 0.29) is 24.1 Å². The third kappa shape index (κ3) is 5.03. The zero-order chi connectivity index (χ0) is 19.9. The lowest BCUT2D eigenvalue weighted by molar-refractivity contribution is -0.130. The summed E-state index contributed by atoms with van der Waals surface area (Å²) in [5, 5.41) is 0. The molecule has 148 valence electrons. The number of anilines is 1. The first-order valence-electron chi connectivity index (χ1n) is 9.51. The van der Waals surface area contributed by atoms with Gasteiger partial charge in [-0.3, -0.25) is 14.6 Å². The van der Waals surface area contributed by atoms with E-state index in [1.54, 1.807) is 16.8 Å². The summed E-state index contributed by atoms with van der Waals surface area (Å²) in [6.07, 6.45) is 6.70. The summed E-state index contributed by atoms with van der Waals surface area (Å²) in [5.41, 5.74) is 1.23. The minimum Gasteiger partial charge on any atom is -0.360 e. The maximum atomic E-state index is 12.8. The first-order chi connectivity index (χ1) is 13.5. The van der Waals surface area contributed by atoms with Crippen LogP contribution in [0.3, 0.4) is 0 Å². The second-order valence-corrected chi connectivity index (χ2v) is 7.00. The number of carbonyl (C=O) groups is 2. The maximum Gasteiger partial charge on any atom is 0.274 e. The van der Waals surface area contributed by atoms with Crippen molar-refractivity contribution in [2.24, 2.45) is 0 Å². The molecular weight excluding hydrogens is 356 g/mol. The Kier molecular flexibility index (Phi) is 6.52. The highest BCUT2D eigenvalue weighted by Gasteiger charge is 2.22. The largest absolute Gasteiger partial charge is 0.360 e. The molecule has 0 aliphatic carbocycles. The Morgan fingerprint density at radius 2 is 1.86 bits per heavy atom. The van der Waals surface area contributed by atoms with E-state index < -0.39 is 0 Å². The molecule has 0 saturated carbocycles. The summed E-state index contributed by atoms with van der Waals surface area (Å²) in [6.45, 7) is 1.91. The third-order valence-electron chi connectivity index (χ3n) is 4.85. The molecule has 2 aromatic rings. The molecule has 1 aliphatic heterocycles. The lowest BCUT2D eigenvalue weighted by atomic mass is 10.2. The van der Waals surface area contributed by atoms with Crippen LogP contribution in [-0.4, -0.2) is 76.8 Å². The predicted molar refractivity (Wildman–Crippen MR) is 106 cm³/mol. The van der Waals surface area contributed by atoms with Crippen molar-refractivity contribution in [3.05, 3.63) is 48.2 Å². The number of likely N-dealkylation sites (N-methyl/N-ethyl adjacent to an activating group) is 1. The molecule has 8 heteroatoms. The third-order valence-corrected chi connectivity index (χ3v) is 4.85. The monoisotopic (exact) mass is 382 g/mol. The SMILES string of the molecule is CN1CCCN(C)c2cccc(n2)CCCN(C(=O)c2cnccn2)CC1=O. The van der Waals surface area contributed by atoms with Crippen molar-refractivity contribution in [1.29, 1.82) is 0 Å². The summed E-state index contributed by atoms with van der Waals surface area (Å²) in [4.78, 5) is 43.6. The van der Waals surface area contributed by atoms with Gasteiger partial charge in [0.05, 0.1) is 6.20 Å². The van der Waals surface area contributed by atoms with E-state index in [1.807, 2.05) is 25.2 Å². The molecule has 0 N–H and O–H groups in total. The molecule has 2 bridgehead atoms. The van der Waals surface area contributed by atoms with Gasteiger partial charge in [-0.1, -0.05) is 6.07 Å². The van der Waals surface area contributed by atoms with E-state index in [2.05, 4.69) is 14.9 Å². The molecule has 2 aromatic heterocycles. The van der Waals surface area contributed by atoms with Crippen LogP contribution in [0.2, 0.25) is 0 Å². The normalized spacial score (nSPS) is 16.6. The number of aromatic nitrogens is 3. The highest BCUT2D eigenvalue weighted by Crippen LogP contribution is 2.13. The Bertz CT molecular complexity index is 813. The van der Waals surface area contributed by atoms with Crippen LogP contribution in [0.4, 0.5) is 5.82 Å². The minimum atomic E-state index is -0.275. The number of aryl methyl sites for hydroxylation is 1. The number of nitrogens with zero attached hydrogens (tertiary/aromatic N) is 6. The molecule has 28 heavy (non-hydrogen) atoms. The van der Waals surface area contributed by atoms with Crippen molar-refractivity contribution in [2.75, 3.05) is 45.2 Å². The van der Waals surface area contributed by atoms with Gasteiger partial charge in [-0.15, -0.1) is 0 Å². The molecule has 3 rings (SSSR count). The van der Waals surface area contributed by atoms with Crippen LogP contribution in [0.15, 0.2) is 36.8 Å². The van der Waals surface area contributed by atoms with E-state index in [4.69, 9.17) is 4.98 Å². The van der Waals surface area contributed by atoms with Gasteiger partial charge in [-0.05, 0) is 31.4 Å². The van der Waals surface area contributed by atoms with Gasteiger partial charge in [-0.25, -0.2) is 9.97 Å². The lowest BCUT2D eigenvalue weighted by Gasteiger charge is -2.26. The Morgan fingerprint density at radius 3 is 2.64 bits per heavy atom. The van der Waals surface area contributed by atoms with Gasteiger partial charge >= 0.3 is 0 Å². The number of carbonyl (C=O) groups excluding carboxylic acids is 2. The number of hydrogen-bond acceptors (Lipinski definition) is 6. The van der Waals surface area contributed by atoms with Crippen LogP contribution in [0.25, 0.3) is 0 Å². The van der Waals surface area contributed by atoms with Crippen molar-refractivity contribution in [2.45, 2.75) is 19.3 Å². The van der Waals surface area contributed by atoms with E-state index >= 15 is 0 Å². The van der Waals surface area contributed by atoms with Crippen LogP contribution in [0, 0.1) is 0 Å². The molecule has 8 nitrogen and oxygen atoms in total. The average molecular weight is 382 g/mol. The van der Waals surface area contributed by atoms with Crippen LogP contribution >= 0.6 is 0 Å². The Balaban J connectivity index is 1.80. The number of pyridine rings is 1. The zero-order valence-electron chi connectivity index (χ0n) is 16.4. The van der Waals surface area contributed by atoms with E-state index in [0.717, 1.165) is 30.9 Å². The number of fused-ring (bicyclic) bond motifs is 2. The number of rotatable bonds is 1. The summed E-state index contributed by atoms with van der Waals surface area (Å²) in [5.74, 6) is 0.577. The first kappa shape index (κ1) is 19.7. The molecule has 0 spiro atoms. The van der Waals surface area contributed by atoms with Crippen LogP contribution in [0.5, 0.6) is 0 Å². The fraction of sp³-hybridized carbons (Fsp3) is 0.450. The Morgan fingerprint density at radius 1 is 1.04 bits per heavy atom. The second kappa shape index (κ2) is 9.25. The van der Waals surface area contributed by atoms with Gasteiger partial charge in [0.1, 0.15) is 18.1 Å². The molecule has 0 atom stereocenters. The maximum absolute atomic E-state index is 12.8. The molecular formula is C20H26N6O2. The highest BCUT2D eigenvalue weighted by atomic mass is 16.2. The average Bonchev–Trinajstić information content (AvgIpc) is 2.72. The predicted octanol–water partition coefficient (Wildman–Crippen LogP) is 1.24. The topological polar surface area (TPSA) is 82.5 Å². The van der Waals surface area contributed by atoms with Gasteiger partial charge in [-0.2, -0.15) is 0 Å². The second-order valence-electron chi connectivity index (χ2n) is 7.00. The summed E-state index contributed by atoms with van der Waals surface area (Å²) in [6, 6.07) is 6.00. The molecule has 2 amide bonds. The van der Waals surface area contributed by atoms with Crippen LogP contribution < -0.4 is 4.90 Å². The van der Waals surface area contributed by atoms with E-state index in [0.29, 0.717) is 19.5 Å². The van der Waals surface area contributed by atoms with Gasteiger partial charge in [0, 0.05) is 51.8 Å². The van der Waals surface area contributed by atoms with Crippen LogP contribution in [-0.2, 0) is 11.2 Å². The molecule has 0 aromatic carbocycles. The molecule has 1 aliphatic rings. The van der Waals surface area contributed by atoms with Gasteiger partial charge in [0.15, 0.2) is 0 Å². The zero-order valence-corrected chi connectivity index (χ0v) is 16.4. The Hall–Kier alpha value is -3.03. The number of hydrogen-bond donors (Lipinski definition) is 0. The molecule has 0 saturated heterocycles. The van der Waals surface area contributed by atoms with Gasteiger partial charge < -0.3 is 14.7 Å². The fourth-order valence-corrected chi connectivity index (χ4v) is 3.16. The lowest BCUT2D eigenvalue weighted by Crippen LogP contribution is -2.43. The van der Waals surface area contributed by atoms with Gasteiger partial charge in [0.25, 0.3) is 5.91 Å². The fourth-order valence-electron chi connectivity index (χ4n) is 3.16. The van der Waals surface area contributed by atoms with Gasteiger partial charge in [0.2, 0.25) is 5.91 Å². The summed E-state index contributed by atoms with van der Waals surface area (Å²) < 4.78 is 0. The van der Waals surface area contributed by atoms with Crippen LogP contribution in [0.1, 0.15) is 29.0 Å². The number of amides is 2. The van der Waals surface area contributed by atoms with E-state index in [9.17, 15) is 9.59 Å². The quantitative estimate of drug-likeness (QED) is 0.738. The molecule has 0 fully saturated rings. The van der Waals surface area contributed by atoms with E-state index in [1.165, 1.54) is 18.6 Å². The van der Waals surface area contributed by atoms with Crippen molar-refractivity contribution in [3.8, 4) is 0 Å². The Labute approximate surface area is 165 Å². The summed E-state index contributed by atoms with van der Waals surface area (Å²) >= 11 is 0. The van der Waals surface area contributed by atoms with Crippen molar-refractivity contribution in [3.63, 3.8) is 0 Å². The van der Waals surface area contributed by atoms with Crippen molar-refractivity contribution >= 4 is 17.6 Å². The smallest absolute Gasteiger partial charge is 0.274 e. The minimum absolute atomic E-state index is 0.0369.